The normalized spacial score (nSPS) is 15.7. The predicted molar refractivity (Wildman–Crippen MR) is 113 cm³/mol. The first-order chi connectivity index (χ1) is 11.3. The molecule has 0 unspecified atom stereocenters. The summed E-state index contributed by atoms with van der Waals surface area (Å²) in [4.78, 5) is 4.80. The summed E-state index contributed by atoms with van der Waals surface area (Å²) in [6.45, 7) is 3.46. The van der Waals surface area contributed by atoms with E-state index in [2.05, 4.69) is 16.9 Å². The quantitative estimate of drug-likeness (QED) is 0.227. The molecule has 2 N–H and O–H groups in total. The number of hydrogen-bond donors (Lipinski definition) is 2. The van der Waals surface area contributed by atoms with Gasteiger partial charge < -0.3 is 19.8 Å². The highest BCUT2D eigenvalue weighted by Gasteiger charge is 2.41. The van der Waals surface area contributed by atoms with E-state index in [1.165, 1.54) is 12.8 Å². The molecule has 0 spiro atoms. The van der Waals surface area contributed by atoms with E-state index < -0.39 is 0 Å². The summed E-state index contributed by atoms with van der Waals surface area (Å²) in [5.74, 6) is 2.99. The zero-order valence-corrected chi connectivity index (χ0v) is 17.8. The molecule has 0 radical (unpaired) electrons. The highest BCUT2D eigenvalue weighted by Crippen LogP contribution is 2.48. The second-order valence-electron chi connectivity index (χ2n) is 6.08. The molecule has 1 aliphatic rings. The van der Waals surface area contributed by atoms with Gasteiger partial charge in [0.1, 0.15) is 5.76 Å². The number of aliphatic imine (C=N–C) groups is 1. The highest BCUT2D eigenvalue weighted by molar-refractivity contribution is 14.0. The van der Waals surface area contributed by atoms with Crippen molar-refractivity contribution in [1.82, 2.24) is 10.6 Å². The molecule has 138 valence electrons. The number of furan rings is 1. The van der Waals surface area contributed by atoms with Crippen molar-refractivity contribution in [2.24, 2.45) is 10.4 Å². The molecule has 1 saturated carbocycles. The molecule has 0 bridgehead atoms. The van der Waals surface area contributed by atoms with Crippen LogP contribution in [-0.4, -0.2) is 51.3 Å². The van der Waals surface area contributed by atoms with E-state index in [1.54, 1.807) is 13.4 Å². The smallest absolute Gasteiger partial charge is 0.191 e. The number of ether oxygens (including phenoxy) is 1. The van der Waals surface area contributed by atoms with Crippen molar-refractivity contribution in [2.45, 2.75) is 25.7 Å². The molecule has 24 heavy (non-hydrogen) atoms. The van der Waals surface area contributed by atoms with Crippen LogP contribution in [0.25, 0.3) is 0 Å². The third-order valence-corrected chi connectivity index (χ3v) is 4.82. The zero-order valence-electron chi connectivity index (χ0n) is 14.7. The first-order valence-electron chi connectivity index (χ1n) is 8.30. The molecule has 1 aromatic heterocycles. The van der Waals surface area contributed by atoms with Crippen LogP contribution in [0.15, 0.2) is 27.8 Å². The molecule has 7 heteroatoms. The van der Waals surface area contributed by atoms with Crippen molar-refractivity contribution in [3.8, 4) is 0 Å². The van der Waals surface area contributed by atoms with Crippen LogP contribution < -0.4 is 10.6 Å². The Morgan fingerprint density at radius 3 is 2.79 bits per heavy atom. The monoisotopic (exact) mass is 467 g/mol. The third-order valence-electron chi connectivity index (χ3n) is 4.21. The standard InChI is InChI=1S/C17H29N3O2S.HI/c1-21-12-8-17(6-7-17)14-20-16(19-10-13-23-2)18-9-5-15-4-3-11-22-15;/h3-4,11H,5-10,12-14H2,1-2H3,(H2,18,19,20);1H. The Kier molecular flexibility index (Phi) is 10.8. The van der Waals surface area contributed by atoms with Crippen molar-refractivity contribution in [2.75, 3.05) is 45.4 Å². The van der Waals surface area contributed by atoms with Gasteiger partial charge in [-0.2, -0.15) is 11.8 Å². The van der Waals surface area contributed by atoms with E-state index in [4.69, 9.17) is 14.1 Å². The van der Waals surface area contributed by atoms with Gasteiger partial charge in [-0.1, -0.05) is 0 Å². The van der Waals surface area contributed by atoms with E-state index in [1.807, 2.05) is 23.9 Å². The first kappa shape index (κ1) is 21.6. The molecule has 0 amide bonds. The minimum atomic E-state index is 0. The predicted octanol–water partition coefficient (Wildman–Crippen LogP) is 3.16. The molecule has 0 aliphatic heterocycles. The second-order valence-corrected chi connectivity index (χ2v) is 7.07. The van der Waals surface area contributed by atoms with Gasteiger partial charge in [-0.15, -0.1) is 24.0 Å². The van der Waals surface area contributed by atoms with Crippen LogP contribution in [0.5, 0.6) is 0 Å². The first-order valence-corrected chi connectivity index (χ1v) is 9.70. The van der Waals surface area contributed by atoms with Crippen LogP contribution in [0.4, 0.5) is 0 Å². The van der Waals surface area contributed by atoms with E-state index in [-0.39, 0.29) is 24.0 Å². The van der Waals surface area contributed by atoms with Crippen LogP contribution in [0, 0.1) is 5.41 Å². The summed E-state index contributed by atoms with van der Waals surface area (Å²) in [5, 5.41) is 6.83. The van der Waals surface area contributed by atoms with Crippen LogP contribution in [0.2, 0.25) is 0 Å². The lowest BCUT2D eigenvalue weighted by atomic mass is 10.0. The van der Waals surface area contributed by atoms with E-state index >= 15 is 0 Å². The van der Waals surface area contributed by atoms with Crippen LogP contribution in [0.1, 0.15) is 25.0 Å². The van der Waals surface area contributed by atoms with Crippen LogP contribution in [0.3, 0.4) is 0 Å². The van der Waals surface area contributed by atoms with E-state index in [0.717, 1.165) is 56.6 Å². The number of guanidine groups is 1. The van der Waals surface area contributed by atoms with Crippen molar-refractivity contribution in [3.05, 3.63) is 24.2 Å². The molecule has 1 heterocycles. The minimum Gasteiger partial charge on any atom is -0.469 e. The molecule has 1 aromatic rings. The maximum Gasteiger partial charge on any atom is 0.191 e. The molecular weight excluding hydrogens is 437 g/mol. The summed E-state index contributed by atoms with van der Waals surface area (Å²) in [5.41, 5.74) is 0.380. The Morgan fingerprint density at radius 1 is 1.38 bits per heavy atom. The summed E-state index contributed by atoms with van der Waals surface area (Å²) in [7, 11) is 1.77. The summed E-state index contributed by atoms with van der Waals surface area (Å²) in [6.07, 6.45) is 8.34. The lowest BCUT2D eigenvalue weighted by molar-refractivity contribution is 0.174. The third kappa shape index (κ3) is 8.11. The second kappa shape index (κ2) is 12.0. The number of nitrogens with one attached hydrogen (secondary N) is 2. The molecule has 1 fully saturated rings. The molecular formula is C17H30IN3O2S. The average Bonchev–Trinajstić information content (AvgIpc) is 3.14. The SMILES string of the molecule is COCCC1(CN=C(NCCSC)NCCc2ccco2)CC1.I. The van der Waals surface area contributed by atoms with Crippen LogP contribution in [-0.2, 0) is 11.2 Å². The van der Waals surface area contributed by atoms with Crippen molar-refractivity contribution >= 4 is 41.7 Å². The van der Waals surface area contributed by atoms with Gasteiger partial charge in [0.15, 0.2) is 5.96 Å². The van der Waals surface area contributed by atoms with Crippen molar-refractivity contribution in [3.63, 3.8) is 0 Å². The Labute approximate surface area is 166 Å². The maximum atomic E-state index is 5.36. The largest absolute Gasteiger partial charge is 0.469 e. The molecule has 0 atom stereocenters. The Bertz CT molecular complexity index is 464. The molecule has 0 aromatic carbocycles. The summed E-state index contributed by atoms with van der Waals surface area (Å²) < 4.78 is 10.6. The number of thioether (sulfide) groups is 1. The number of halogens is 1. The van der Waals surface area contributed by atoms with Gasteiger partial charge in [-0.05, 0) is 43.1 Å². The topological polar surface area (TPSA) is 58.8 Å². The highest BCUT2D eigenvalue weighted by atomic mass is 127. The fraction of sp³-hybridized carbons (Fsp3) is 0.706. The lowest BCUT2D eigenvalue weighted by Gasteiger charge is -2.15. The fourth-order valence-corrected chi connectivity index (χ4v) is 2.74. The Balaban J connectivity index is 0.00000288. The van der Waals surface area contributed by atoms with Gasteiger partial charge in [0.25, 0.3) is 0 Å². The van der Waals surface area contributed by atoms with Gasteiger partial charge in [-0.3, -0.25) is 4.99 Å². The molecule has 2 rings (SSSR count). The molecule has 0 saturated heterocycles. The van der Waals surface area contributed by atoms with E-state index in [0.29, 0.717) is 5.41 Å². The number of methoxy groups -OCH3 is 1. The lowest BCUT2D eigenvalue weighted by Crippen LogP contribution is -2.40. The van der Waals surface area contributed by atoms with E-state index in [9.17, 15) is 0 Å². The Hall–Kier alpha value is -0.410. The Morgan fingerprint density at radius 2 is 2.17 bits per heavy atom. The van der Waals surface area contributed by atoms with Gasteiger partial charge in [-0.25, -0.2) is 0 Å². The van der Waals surface area contributed by atoms with Crippen LogP contribution >= 0.6 is 35.7 Å². The summed E-state index contributed by atoms with van der Waals surface area (Å²) in [6, 6.07) is 3.93. The summed E-state index contributed by atoms with van der Waals surface area (Å²) >= 11 is 1.84. The van der Waals surface area contributed by atoms with Gasteiger partial charge in [0, 0.05) is 45.5 Å². The fourth-order valence-electron chi connectivity index (χ4n) is 2.43. The van der Waals surface area contributed by atoms with Crippen molar-refractivity contribution < 1.29 is 9.15 Å². The number of hydrogen-bond acceptors (Lipinski definition) is 4. The number of nitrogens with zero attached hydrogens (tertiary/aromatic N) is 1. The molecule has 5 nitrogen and oxygen atoms in total. The molecule has 1 aliphatic carbocycles. The van der Waals surface area contributed by atoms with Gasteiger partial charge >= 0.3 is 0 Å². The van der Waals surface area contributed by atoms with Gasteiger partial charge in [0.2, 0.25) is 0 Å². The maximum absolute atomic E-state index is 5.36. The average molecular weight is 467 g/mol. The number of rotatable bonds is 11. The minimum absolute atomic E-state index is 0. The van der Waals surface area contributed by atoms with Gasteiger partial charge in [0.05, 0.1) is 6.26 Å². The zero-order chi connectivity index (χ0) is 16.4. The van der Waals surface area contributed by atoms with Crippen molar-refractivity contribution in [1.29, 1.82) is 0 Å².